The van der Waals surface area contributed by atoms with E-state index in [4.69, 9.17) is 23.2 Å². The number of carbonyl (C=O) groups is 3. The summed E-state index contributed by atoms with van der Waals surface area (Å²) in [5.41, 5.74) is -4.87. The maximum Gasteiger partial charge on any atom is 0.446 e. The number of aliphatic hydroxyl groups is 2. The number of thioether (sulfide) groups is 1. The predicted molar refractivity (Wildman–Crippen MR) is 284 cm³/mol. The van der Waals surface area contributed by atoms with Crippen LogP contribution in [0.25, 0.3) is 16.9 Å². The molecule has 78 heavy (non-hydrogen) atoms. The molecule has 5 saturated carbocycles. The van der Waals surface area contributed by atoms with Gasteiger partial charge in [0.1, 0.15) is 23.2 Å². The van der Waals surface area contributed by atoms with Crippen molar-refractivity contribution in [3.05, 3.63) is 106 Å². The highest BCUT2D eigenvalue weighted by atomic mass is 35.5. The van der Waals surface area contributed by atoms with Crippen molar-refractivity contribution < 1.29 is 59.9 Å². The van der Waals surface area contributed by atoms with Crippen molar-refractivity contribution in [1.82, 2.24) is 29.5 Å². The van der Waals surface area contributed by atoms with Gasteiger partial charge in [-0.2, -0.15) is 35.9 Å². The van der Waals surface area contributed by atoms with Gasteiger partial charge in [0.05, 0.1) is 47.5 Å². The number of hydrogen-bond acceptors (Lipinski definition) is 13. The first kappa shape index (κ1) is 56.2. The molecule has 3 aromatic carbocycles. The molecule has 5 aliphatic carbocycles. The second kappa shape index (κ2) is 21.1. The number of carboxylic acids is 1. The largest absolute Gasteiger partial charge is 0.481 e. The highest BCUT2D eigenvalue weighted by Crippen LogP contribution is 2.67. The van der Waals surface area contributed by atoms with Gasteiger partial charge in [0.15, 0.2) is 5.65 Å². The molecule has 12 rings (SSSR count). The zero-order chi connectivity index (χ0) is 55.7. The van der Waals surface area contributed by atoms with E-state index in [0.717, 1.165) is 31.9 Å². The van der Waals surface area contributed by atoms with Crippen LogP contribution in [-0.2, 0) is 34.3 Å². The molecule has 2 spiro atoms. The molecule has 2 aromatic heterocycles. The topological polar surface area (TPSA) is 237 Å². The van der Waals surface area contributed by atoms with Crippen LogP contribution in [0.5, 0.6) is 0 Å². The van der Waals surface area contributed by atoms with Gasteiger partial charge in [-0.1, -0.05) is 79.7 Å². The maximum absolute atomic E-state index is 16.3. The molecule has 1 saturated heterocycles. The summed E-state index contributed by atoms with van der Waals surface area (Å²) in [6.45, 7) is 2.50. The Kier molecular flexibility index (Phi) is 15.2. The number of aromatic nitrogens is 3. The van der Waals surface area contributed by atoms with E-state index in [2.05, 4.69) is 39.8 Å². The number of nitrogens with zero attached hydrogens (tertiary/aromatic N) is 4. The van der Waals surface area contributed by atoms with Gasteiger partial charge in [-0.15, -0.1) is 0 Å². The van der Waals surface area contributed by atoms with E-state index in [0.29, 0.717) is 91.3 Å². The lowest BCUT2D eigenvalue weighted by Gasteiger charge is -2.52. The SMILES string of the molecule is CCN1C(C(=O)NC23CCC(C(=O)O)(CC2)CC3)C(c2cccc(Cl)c2F)C2(C(=O)Nc3cc(Cl)ccc32)C12CCCCC2.COS(=O)(=O)NC1CC(Nc2ccnc3cc(-c4cccc(SC(F)(F)F)c4)nn23)C(O)C1O. The zero-order valence-electron chi connectivity index (χ0n) is 42.3. The molecule has 6 fully saturated rings. The Hall–Kier alpha value is -5.11. The Morgan fingerprint density at radius 3 is 2.28 bits per heavy atom. The Morgan fingerprint density at radius 2 is 1.62 bits per heavy atom. The molecular formula is C53H58Cl2F4N8O9S2. The monoisotopic (exact) mass is 1160 g/mol. The minimum atomic E-state index is -4.42. The summed E-state index contributed by atoms with van der Waals surface area (Å²) in [7, 11) is -3.11. The average molecular weight is 1160 g/mol. The van der Waals surface area contributed by atoms with Gasteiger partial charge in [-0.05, 0) is 124 Å². The van der Waals surface area contributed by atoms with Crippen molar-refractivity contribution >= 4 is 80.2 Å². The van der Waals surface area contributed by atoms with Gasteiger partial charge in [-0.3, -0.25) is 23.5 Å². The summed E-state index contributed by atoms with van der Waals surface area (Å²) in [6, 6.07) is 16.6. The van der Waals surface area contributed by atoms with Crippen molar-refractivity contribution in [3.63, 3.8) is 0 Å². The molecule has 0 radical (unpaired) electrons. The molecule has 4 heterocycles. The number of likely N-dealkylation sites (N-methyl/N-ethyl adjacent to an activating group) is 1. The standard InChI is InChI=1S/C34H38Cl2FN3O4.C19H20F3N5O5S2/c1-2-40-27(28(41)39-32-16-13-31(14-17-32,15-18-32)30(43)44)25(21-7-6-8-23(36)26(21)37)34(33(40)11-4-3-5-12-33)22-10-9-20(35)19-24(22)38-29(34)42;1-32-34(30,31)26-14-8-13(17(28)18(14)29)24-15-5-6-23-16-9-12(25-27(15)16)10-3-2-4-11(7-10)33-19(20,21)22/h6-10,19,25,27H,2-5,11-18H2,1H3,(H,38,42)(H,39,41)(H,43,44);2-7,9,13-14,17-18,24,26,28-29H,8H2,1H3. The highest BCUT2D eigenvalue weighted by Gasteiger charge is 2.75. The molecule has 2 bridgehead atoms. The van der Waals surface area contributed by atoms with Gasteiger partial charge in [0, 0.05) is 50.4 Å². The van der Waals surface area contributed by atoms with Crippen LogP contribution in [0.3, 0.4) is 0 Å². The second-order valence-electron chi connectivity index (χ2n) is 21.3. The van der Waals surface area contributed by atoms with Crippen molar-refractivity contribution in [3.8, 4) is 11.3 Å². The van der Waals surface area contributed by atoms with E-state index >= 15 is 4.39 Å². The summed E-state index contributed by atoms with van der Waals surface area (Å²) in [5, 5.41) is 45.0. The van der Waals surface area contributed by atoms with Crippen molar-refractivity contribution in [1.29, 1.82) is 0 Å². The first-order chi connectivity index (χ1) is 37.0. The lowest BCUT2D eigenvalue weighted by Crippen LogP contribution is -2.63. The minimum absolute atomic E-state index is 0.0148. The van der Waals surface area contributed by atoms with Crippen LogP contribution < -0.4 is 20.7 Å². The van der Waals surface area contributed by atoms with Crippen molar-refractivity contribution in [2.75, 3.05) is 24.3 Å². The van der Waals surface area contributed by atoms with Crippen LogP contribution in [0.4, 0.5) is 29.1 Å². The molecule has 2 amide bonds. The predicted octanol–water partition coefficient (Wildman–Crippen LogP) is 8.57. The number of carbonyl (C=O) groups excluding carboxylic acids is 2. The zero-order valence-corrected chi connectivity index (χ0v) is 45.5. The lowest BCUT2D eigenvalue weighted by atomic mass is 9.55. The molecule has 17 nitrogen and oxygen atoms in total. The van der Waals surface area contributed by atoms with Crippen molar-refractivity contribution in [2.45, 2.75) is 147 Å². The fraction of sp³-hybridized carbons (Fsp3) is 0.491. The Labute approximate surface area is 461 Å². The minimum Gasteiger partial charge on any atom is -0.481 e. The van der Waals surface area contributed by atoms with Crippen LogP contribution in [0.15, 0.2) is 83.9 Å². The molecule has 7 aliphatic rings. The molecule has 25 heteroatoms. The number of aliphatic carboxylic acids is 1. The van der Waals surface area contributed by atoms with Crippen LogP contribution in [-0.4, -0.2) is 122 Å². The Bertz CT molecular complexity index is 3250. The molecule has 5 aromatic rings. The van der Waals surface area contributed by atoms with E-state index in [1.165, 1.54) is 35.0 Å². The van der Waals surface area contributed by atoms with E-state index in [1.54, 1.807) is 42.5 Å². The third-order valence-corrected chi connectivity index (χ3v) is 19.6. The van der Waals surface area contributed by atoms with Crippen molar-refractivity contribution in [2.24, 2.45) is 5.41 Å². The molecule has 7 N–H and O–H groups in total. The highest BCUT2D eigenvalue weighted by molar-refractivity contribution is 8.00. The van der Waals surface area contributed by atoms with Crippen LogP contribution in [0.1, 0.15) is 101 Å². The van der Waals surface area contributed by atoms with Gasteiger partial charge >= 0.3 is 21.8 Å². The molecular weight excluding hydrogens is 1100 g/mol. The number of hydrogen-bond donors (Lipinski definition) is 7. The number of anilines is 2. The summed E-state index contributed by atoms with van der Waals surface area (Å²) >= 11 is 12.6. The van der Waals surface area contributed by atoms with Crippen LogP contribution in [0.2, 0.25) is 10.0 Å². The maximum atomic E-state index is 16.3. The summed E-state index contributed by atoms with van der Waals surface area (Å²) in [5.74, 6) is -2.34. The van der Waals surface area contributed by atoms with Gasteiger partial charge in [0.25, 0.3) is 0 Å². The van der Waals surface area contributed by atoms with Gasteiger partial charge in [-0.25, -0.2) is 9.37 Å². The first-order valence-electron chi connectivity index (χ1n) is 25.8. The molecule has 7 unspecified atom stereocenters. The summed E-state index contributed by atoms with van der Waals surface area (Å²) < 4.78 is 85.7. The molecule has 418 valence electrons. The van der Waals surface area contributed by atoms with Gasteiger partial charge in [0.2, 0.25) is 11.8 Å². The quantitative estimate of drug-likeness (QED) is 0.0458. The number of halogens is 6. The number of nitrogens with one attached hydrogen (secondary N) is 4. The number of benzene rings is 3. The second-order valence-corrected chi connectivity index (χ2v) is 24.7. The number of alkyl halides is 3. The smallest absolute Gasteiger partial charge is 0.446 e. The lowest BCUT2D eigenvalue weighted by molar-refractivity contribution is -0.157. The van der Waals surface area contributed by atoms with E-state index < -0.39 is 85.8 Å². The fourth-order valence-electron chi connectivity index (χ4n) is 13.8. The Morgan fingerprint density at radius 1 is 0.923 bits per heavy atom. The number of likely N-dealkylation sites (tertiary alicyclic amines) is 1. The average Bonchev–Trinajstić information content (AvgIpc) is 4.22. The van der Waals surface area contributed by atoms with E-state index in [9.17, 15) is 51.3 Å². The Balaban J connectivity index is 0.000000183. The number of aliphatic hydroxyl groups excluding tert-OH is 2. The van der Waals surface area contributed by atoms with Crippen LogP contribution in [0, 0.1) is 11.2 Å². The number of carboxylic acid groups (broad SMARTS) is 1. The summed E-state index contributed by atoms with van der Waals surface area (Å²) in [4.78, 5) is 48.2. The van der Waals surface area contributed by atoms with E-state index in [-0.39, 0.29) is 45.5 Å². The number of rotatable bonds is 12. The van der Waals surface area contributed by atoms with Crippen LogP contribution >= 0.6 is 35.0 Å². The summed E-state index contributed by atoms with van der Waals surface area (Å²) in [6.07, 6.45) is 6.27. The first-order valence-corrected chi connectivity index (χ1v) is 28.8. The fourth-order valence-corrected chi connectivity index (χ4v) is 15.4. The normalized spacial score (nSPS) is 29.3. The third-order valence-electron chi connectivity index (χ3n) is 17.4. The molecule has 7 atom stereocenters. The number of fused-ring (bicyclic) bond motifs is 7. The van der Waals surface area contributed by atoms with Gasteiger partial charge < -0.3 is 31.3 Å². The number of amides is 2. The van der Waals surface area contributed by atoms with E-state index in [1.807, 2.05) is 13.0 Å². The molecule has 2 aliphatic heterocycles. The third kappa shape index (κ3) is 9.81.